The van der Waals surface area contributed by atoms with Crippen molar-refractivity contribution in [3.63, 3.8) is 0 Å². The Hall–Kier alpha value is -1.55. The maximum Gasteiger partial charge on any atom is 0.198 e. The van der Waals surface area contributed by atoms with Gasteiger partial charge in [0, 0.05) is 12.0 Å². The van der Waals surface area contributed by atoms with Crippen LogP contribution in [0.15, 0.2) is 22.6 Å². The fraction of sp³-hybridized carbons (Fsp3) is 0.533. The molecule has 2 N–H and O–H groups in total. The summed E-state index contributed by atoms with van der Waals surface area (Å²) in [7, 11) is 1.65. The van der Waals surface area contributed by atoms with Crippen molar-refractivity contribution in [1.82, 2.24) is 4.98 Å². The Balaban J connectivity index is 2.12. The smallest absolute Gasteiger partial charge is 0.198 e. The standard InChI is InChI=1S/C15H22N2O2/c1-10(6-4-7-11(2)16)15-17-14-12(18-3)8-5-9-13(14)19-15/h5,8-11H,4,6-7,16H2,1-3H3. The van der Waals surface area contributed by atoms with E-state index in [1.807, 2.05) is 25.1 Å². The highest BCUT2D eigenvalue weighted by molar-refractivity contribution is 5.79. The van der Waals surface area contributed by atoms with Gasteiger partial charge in [-0.3, -0.25) is 0 Å². The number of fused-ring (bicyclic) bond motifs is 1. The van der Waals surface area contributed by atoms with E-state index < -0.39 is 0 Å². The Bertz CT molecular complexity index is 534. The van der Waals surface area contributed by atoms with Crippen LogP contribution < -0.4 is 10.5 Å². The molecule has 2 atom stereocenters. The summed E-state index contributed by atoms with van der Waals surface area (Å²) >= 11 is 0. The van der Waals surface area contributed by atoms with Gasteiger partial charge in [0.2, 0.25) is 0 Å². The van der Waals surface area contributed by atoms with Crippen molar-refractivity contribution < 1.29 is 9.15 Å². The van der Waals surface area contributed by atoms with Crippen LogP contribution >= 0.6 is 0 Å². The molecule has 0 fully saturated rings. The number of nitrogens with two attached hydrogens (primary N) is 1. The third kappa shape index (κ3) is 3.26. The van der Waals surface area contributed by atoms with E-state index in [4.69, 9.17) is 14.9 Å². The van der Waals surface area contributed by atoms with Crippen molar-refractivity contribution in [2.45, 2.75) is 45.1 Å². The SMILES string of the molecule is COc1cccc2oc(C(C)CCCC(C)N)nc12. The van der Waals surface area contributed by atoms with Gasteiger partial charge >= 0.3 is 0 Å². The van der Waals surface area contributed by atoms with Gasteiger partial charge in [0.25, 0.3) is 0 Å². The highest BCUT2D eigenvalue weighted by atomic mass is 16.5. The molecule has 0 aliphatic carbocycles. The van der Waals surface area contributed by atoms with Crippen molar-refractivity contribution >= 4 is 11.1 Å². The van der Waals surface area contributed by atoms with Crippen LogP contribution in [0.1, 0.15) is 44.9 Å². The first-order chi connectivity index (χ1) is 9.11. The quantitative estimate of drug-likeness (QED) is 0.866. The third-order valence-electron chi connectivity index (χ3n) is 3.34. The lowest BCUT2D eigenvalue weighted by atomic mass is 10.0. The van der Waals surface area contributed by atoms with Crippen LogP contribution in [-0.2, 0) is 0 Å². The maximum atomic E-state index is 5.81. The predicted octanol–water partition coefficient (Wildman–Crippen LogP) is 3.46. The summed E-state index contributed by atoms with van der Waals surface area (Å²) in [6.07, 6.45) is 3.17. The van der Waals surface area contributed by atoms with Crippen LogP contribution in [0.3, 0.4) is 0 Å². The summed E-state index contributed by atoms with van der Waals surface area (Å²) in [6, 6.07) is 5.99. The number of oxazole rings is 1. The molecule has 2 rings (SSSR count). The predicted molar refractivity (Wildman–Crippen MR) is 76.5 cm³/mol. The van der Waals surface area contributed by atoms with Crippen molar-refractivity contribution in [1.29, 1.82) is 0 Å². The van der Waals surface area contributed by atoms with E-state index in [-0.39, 0.29) is 6.04 Å². The molecule has 0 saturated heterocycles. The van der Waals surface area contributed by atoms with E-state index in [0.717, 1.165) is 42.0 Å². The molecule has 0 radical (unpaired) electrons. The second kappa shape index (κ2) is 6.06. The molecule has 0 saturated carbocycles. The van der Waals surface area contributed by atoms with Crippen LogP contribution in [0, 0.1) is 0 Å². The molecule has 2 unspecified atom stereocenters. The summed E-state index contributed by atoms with van der Waals surface area (Å²) in [5, 5.41) is 0. The fourth-order valence-corrected chi connectivity index (χ4v) is 2.19. The Labute approximate surface area is 114 Å². The van der Waals surface area contributed by atoms with Gasteiger partial charge in [-0.25, -0.2) is 4.98 Å². The first-order valence-electron chi connectivity index (χ1n) is 6.81. The molecular formula is C15H22N2O2. The van der Waals surface area contributed by atoms with Crippen LogP contribution in [0.5, 0.6) is 5.75 Å². The lowest BCUT2D eigenvalue weighted by molar-refractivity contribution is 0.419. The largest absolute Gasteiger partial charge is 0.494 e. The van der Waals surface area contributed by atoms with Gasteiger partial charge in [-0.15, -0.1) is 0 Å². The topological polar surface area (TPSA) is 61.3 Å². The van der Waals surface area contributed by atoms with Crippen LogP contribution in [0.4, 0.5) is 0 Å². The second-order valence-corrected chi connectivity index (χ2v) is 5.17. The number of hydrogen-bond donors (Lipinski definition) is 1. The number of ether oxygens (including phenoxy) is 1. The highest BCUT2D eigenvalue weighted by Gasteiger charge is 2.15. The molecule has 0 spiro atoms. The Morgan fingerprint density at radius 2 is 2.11 bits per heavy atom. The molecule has 0 bridgehead atoms. The highest BCUT2D eigenvalue weighted by Crippen LogP contribution is 2.29. The fourth-order valence-electron chi connectivity index (χ4n) is 2.19. The maximum absolute atomic E-state index is 5.81. The van der Waals surface area contributed by atoms with E-state index in [1.54, 1.807) is 7.11 Å². The van der Waals surface area contributed by atoms with Gasteiger partial charge in [0.05, 0.1) is 7.11 Å². The third-order valence-corrected chi connectivity index (χ3v) is 3.34. The number of aromatic nitrogens is 1. The summed E-state index contributed by atoms with van der Waals surface area (Å²) in [5.74, 6) is 1.84. The summed E-state index contributed by atoms with van der Waals surface area (Å²) in [4.78, 5) is 4.56. The molecule has 19 heavy (non-hydrogen) atoms. The Morgan fingerprint density at radius 3 is 2.79 bits per heavy atom. The number of methoxy groups -OCH3 is 1. The van der Waals surface area contributed by atoms with Crippen LogP contribution in [0.2, 0.25) is 0 Å². The van der Waals surface area contributed by atoms with Crippen molar-refractivity contribution in [2.24, 2.45) is 5.73 Å². The molecule has 4 heteroatoms. The molecule has 1 aromatic heterocycles. The zero-order valence-corrected chi connectivity index (χ0v) is 11.8. The molecule has 1 aromatic carbocycles. The minimum Gasteiger partial charge on any atom is -0.494 e. The van der Waals surface area contributed by atoms with Crippen molar-refractivity contribution in [3.8, 4) is 5.75 Å². The minimum absolute atomic E-state index is 0.260. The van der Waals surface area contributed by atoms with Gasteiger partial charge in [-0.05, 0) is 31.9 Å². The lowest BCUT2D eigenvalue weighted by Crippen LogP contribution is -2.14. The van der Waals surface area contributed by atoms with Crippen molar-refractivity contribution in [3.05, 3.63) is 24.1 Å². The summed E-state index contributed by atoms with van der Waals surface area (Å²) in [5.41, 5.74) is 7.35. The number of benzene rings is 1. The molecule has 0 aliphatic rings. The average molecular weight is 262 g/mol. The van der Waals surface area contributed by atoms with E-state index in [2.05, 4.69) is 11.9 Å². The number of para-hydroxylation sites is 1. The normalized spacial score (nSPS) is 14.5. The molecule has 2 aromatic rings. The first-order valence-corrected chi connectivity index (χ1v) is 6.81. The minimum atomic E-state index is 0.260. The number of rotatable bonds is 6. The van der Waals surface area contributed by atoms with Gasteiger partial charge in [0.1, 0.15) is 5.75 Å². The van der Waals surface area contributed by atoms with Gasteiger partial charge in [0.15, 0.2) is 17.0 Å². The number of hydrogen-bond acceptors (Lipinski definition) is 4. The summed E-state index contributed by atoms with van der Waals surface area (Å²) in [6.45, 7) is 4.17. The molecule has 104 valence electrons. The molecule has 0 aliphatic heterocycles. The Kier molecular flexibility index (Phi) is 4.43. The van der Waals surface area contributed by atoms with Crippen LogP contribution in [-0.4, -0.2) is 18.1 Å². The molecular weight excluding hydrogens is 240 g/mol. The van der Waals surface area contributed by atoms with E-state index in [9.17, 15) is 0 Å². The van der Waals surface area contributed by atoms with E-state index >= 15 is 0 Å². The van der Waals surface area contributed by atoms with Gasteiger partial charge < -0.3 is 14.9 Å². The first kappa shape index (κ1) is 13.9. The van der Waals surface area contributed by atoms with Crippen LogP contribution in [0.25, 0.3) is 11.1 Å². The zero-order chi connectivity index (χ0) is 13.8. The number of nitrogens with zero attached hydrogens (tertiary/aromatic N) is 1. The van der Waals surface area contributed by atoms with Crippen molar-refractivity contribution in [2.75, 3.05) is 7.11 Å². The van der Waals surface area contributed by atoms with Gasteiger partial charge in [-0.1, -0.05) is 19.4 Å². The molecule has 0 amide bonds. The van der Waals surface area contributed by atoms with E-state index in [0.29, 0.717) is 5.92 Å². The molecule has 4 nitrogen and oxygen atoms in total. The van der Waals surface area contributed by atoms with Gasteiger partial charge in [-0.2, -0.15) is 0 Å². The van der Waals surface area contributed by atoms with E-state index in [1.165, 1.54) is 0 Å². The summed E-state index contributed by atoms with van der Waals surface area (Å²) < 4.78 is 11.1. The lowest BCUT2D eigenvalue weighted by Gasteiger charge is -2.08. The monoisotopic (exact) mass is 262 g/mol. The second-order valence-electron chi connectivity index (χ2n) is 5.17. The average Bonchev–Trinajstić information content (AvgIpc) is 2.81. The Morgan fingerprint density at radius 1 is 1.32 bits per heavy atom. The molecule has 1 heterocycles. The zero-order valence-electron chi connectivity index (χ0n) is 11.8.